The first-order valence-corrected chi connectivity index (χ1v) is 6.37. The van der Waals surface area contributed by atoms with Crippen molar-refractivity contribution in [3.63, 3.8) is 0 Å². The molecular formula is C11H9Cl2NO2S. The second-order valence-corrected chi connectivity index (χ2v) is 5.20. The first kappa shape index (κ1) is 12.6. The van der Waals surface area contributed by atoms with Gasteiger partial charge in [-0.05, 0) is 24.6 Å². The van der Waals surface area contributed by atoms with Crippen molar-refractivity contribution in [2.24, 2.45) is 0 Å². The van der Waals surface area contributed by atoms with Crippen molar-refractivity contribution in [3.8, 4) is 10.9 Å². The summed E-state index contributed by atoms with van der Waals surface area (Å²) in [5, 5.41) is 10.1. The molecule has 0 aliphatic carbocycles. The number of thiazole rings is 1. The number of benzene rings is 1. The predicted octanol–water partition coefficient (Wildman–Crippen LogP) is 4.04. The van der Waals surface area contributed by atoms with Crippen LogP contribution >= 0.6 is 34.5 Å². The average Bonchev–Trinajstić information content (AvgIpc) is 2.64. The molecule has 17 heavy (non-hydrogen) atoms. The number of rotatable bonds is 3. The number of ether oxygens (including phenoxy) is 1. The van der Waals surface area contributed by atoms with Crippen molar-refractivity contribution < 1.29 is 9.84 Å². The molecule has 1 aromatic heterocycles. The molecule has 1 heterocycles. The second kappa shape index (κ2) is 5.23. The Balaban J connectivity index is 2.27. The number of nitrogens with zero attached hydrogens (tertiary/aromatic N) is 1. The molecule has 90 valence electrons. The molecule has 0 bridgehead atoms. The van der Waals surface area contributed by atoms with Gasteiger partial charge in [-0.25, -0.2) is 0 Å². The van der Waals surface area contributed by atoms with Crippen LogP contribution in [0.5, 0.6) is 10.9 Å². The van der Waals surface area contributed by atoms with Gasteiger partial charge in [0.1, 0.15) is 10.9 Å². The molecule has 0 aliphatic heterocycles. The van der Waals surface area contributed by atoms with E-state index in [1.54, 1.807) is 6.07 Å². The van der Waals surface area contributed by atoms with Crippen LogP contribution in [0.3, 0.4) is 0 Å². The molecule has 0 radical (unpaired) electrons. The first-order chi connectivity index (χ1) is 8.10. The highest BCUT2D eigenvalue weighted by Gasteiger charge is 2.11. The summed E-state index contributed by atoms with van der Waals surface area (Å²) in [5.74, 6) is 0.529. The monoisotopic (exact) mass is 289 g/mol. The van der Waals surface area contributed by atoms with Crippen molar-refractivity contribution in [1.82, 2.24) is 4.98 Å². The SMILES string of the molecule is Cc1ccc(Cl)c(Oc2nc(Cl)c(CO)s2)c1. The van der Waals surface area contributed by atoms with E-state index in [4.69, 9.17) is 33.0 Å². The van der Waals surface area contributed by atoms with Crippen LogP contribution < -0.4 is 4.74 Å². The van der Waals surface area contributed by atoms with Crippen LogP contribution in [-0.2, 0) is 6.61 Å². The van der Waals surface area contributed by atoms with Gasteiger partial charge in [-0.2, -0.15) is 4.98 Å². The molecule has 0 amide bonds. The van der Waals surface area contributed by atoms with E-state index in [2.05, 4.69) is 4.98 Å². The number of aliphatic hydroxyl groups is 1. The van der Waals surface area contributed by atoms with Crippen LogP contribution in [0.2, 0.25) is 10.2 Å². The van der Waals surface area contributed by atoms with E-state index in [9.17, 15) is 0 Å². The Morgan fingerprint density at radius 3 is 2.82 bits per heavy atom. The summed E-state index contributed by atoms with van der Waals surface area (Å²) in [6.45, 7) is 1.79. The fourth-order valence-corrected chi connectivity index (χ4v) is 2.37. The van der Waals surface area contributed by atoms with Crippen LogP contribution in [0.1, 0.15) is 10.4 Å². The smallest absolute Gasteiger partial charge is 0.280 e. The van der Waals surface area contributed by atoms with Gasteiger partial charge in [0.25, 0.3) is 5.19 Å². The number of aliphatic hydroxyl groups excluding tert-OH is 1. The average molecular weight is 290 g/mol. The largest absolute Gasteiger partial charge is 0.429 e. The zero-order valence-corrected chi connectivity index (χ0v) is 11.2. The van der Waals surface area contributed by atoms with E-state index in [-0.39, 0.29) is 11.8 Å². The van der Waals surface area contributed by atoms with Gasteiger partial charge in [0.2, 0.25) is 0 Å². The standard InChI is InChI=1S/C11H9Cl2NO2S/c1-6-2-3-7(12)8(4-6)16-11-14-10(13)9(5-15)17-11/h2-4,15H,5H2,1H3. The van der Waals surface area contributed by atoms with Crippen LogP contribution in [0.4, 0.5) is 0 Å². The Hall–Kier alpha value is -0.810. The maximum Gasteiger partial charge on any atom is 0.280 e. The number of aryl methyl sites for hydroxylation is 1. The van der Waals surface area contributed by atoms with Gasteiger partial charge in [0, 0.05) is 0 Å². The highest BCUT2D eigenvalue weighted by atomic mass is 35.5. The maximum absolute atomic E-state index is 9.00. The molecule has 0 saturated heterocycles. The third kappa shape index (κ3) is 2.90. The van der Waals surface area contributed by atoms with Crippen LogP contribution in [0.25, 0.3) is 0 Å². The van der Waals surface area contributed by atoms with Gasteiger partial charge in [-0.3, -0.25) is 0 Å². The van der Waals surface area contributed by atoms with E-state index in [1.165, 1.54) is 11.3 Å². The van der Waals surface area contributed by atoms with Crippen LogP contribution in [0.15, 0.2) is 18.2 Å². The quantitative estimate of drug-likeness (QED) is 0.927. The van der Waals surface area contributed by atoms with E-state index in [1.807, 2.05) is 19.1 Å². The molecule has 0 saturated carbocycles. The van der Waals surface area contributed by atoms with Gasteiger partial charge in [0.05, 0.1) is 16.5 Å². The van der Waals surface area contributed by atoms with E-state index in [0.717, 1.165) is 5.56 Å². The van der Waals surface area contributed by atoms with Gasteiger partial charge in [-0.15, -0.1) is 0 Å². The normalized spacial score (nSPS) is 10.6. The summed E-state index contributed by atoms with van der Waals surface area (Å²) >= 11 is 13.0. The topological polar surface area (TPSA) is 42.4 Å². The van der Waals surface area contributed by atoms with Crippen LogP contribution in [0, 0.1) is 6.92 Å². The summed E-state index contributed by atoms with van der Waals surface area (Å²) in [7, 11) is 0. The van der Waals surface area contributed by atoms with E-state index >= 15 is 0 Å². The molecule has 0 spiro atoms. The summed E-state index contributed by atoms with van der Waals surface area (Å²) in [5.41, 5.74) is 1.04. The fourth-order valence-electron chi connectivity index (χ4n) is 1.24. The lowest BCUT2D eigenvalue weighted by atomic mass is 10.2. The third-order valence-corrected chi connectivity index (χ3v) is 3.71. The lowest BCUT2D eigenvalue weighted by molar-refractivity contribution is 0.285. The van der Waals surface area contributed by atoms with E-state index < -0.39 is 0 Å². The van der Waals surface area contributed by atoms with Gasteiger partial charge < -0.3 is 9.84 Å². The Labute approximate surface area is 113 Å². The van der Waals surface area contributed by atoms with Crippen molar-refractivity contribution in [1.29, 1.82) is 0 Å². The lowest BCUT2D eigenvalue weighted by Gasteiger charge is -2.04. The highest BCUT2D eigenvalue weighted by molar-refractivity contribution is 7.13. The van der Waals surface area contributed by atoms with Gasteiger partial charge in [0.15, 0.2) is 0 Å². The molecule has 6 heteroatoms. The number of hydrogen-bond donors (Lipinski definition) is 1. The summed E-state index contributed by atoms with van der Waals surface area (Å²) in [6, 6.07) is 5.47. The predicted molar refractivity (Wildman–Crippen MR) is 69.3 cm³/mol. The van der Waals surface area contributed by atoms with Crippen molar-refractivity contribution in [3.05, 3.63) is 38.8 Å². The first-order valence-electron chi connectivity index (χ1n) is 4.80. The fraction of sp³-hybridized carbons (Fsp3) is 0.182. The maximum atomic E-state index is 9.00. The number of halogens is 2. The van der Waals surface area contributed by atoms with Crippen molar-refractivity contribution in [2.75, 3.05) is 0 Å². The van der Waals surface area contributed by atoms with Gasteiger partial charge >= 0.3 is 0 Å². The molecule has 0 atom stereocenters. The molecule has 2 aromatic rings. The molecule has 0 aliphatic rings. The Kier molecular flexibility index (Phi) is 3.89. The lowest BCUT2D eigenvalue weighted by Crippen LogP contribution is -1.85. The summed E-state index contributed by atoms with van der Waals surface area (Å²) < 4.78 is 5.53. The molecule has 0 fully saturated rings. The third-order valence-electron chi connectivity index (χ3n) is 2.06. The van der Waals surface area contributed by atoms with Crippen molar-refractivity contribution in [2.45, 2.75) is 13.5 Å². The second-order valence-electron chi connectivity index (χ2n) is 3.39. The number of aromatic nitrogens is 1. The van der Waals surface area contributed by atoms with Crippen molar-refractivity contribution >= 4 is 34.5 Å². The zero-order valence-electron chi connectivity index (χ0n) is 8.91. The van der Waals surface area contributed by atoms with Gasteiger partial charge in [-0.1, -0.05) is 40.6 Å². The molecule has 0 unspecified atom stereocenters. The Morgan fingerprint density at radius 2 is 2.18 bits per heavy atom. The molecular weight excluding hydrogens is 281 g/mol. The molecule has 3 nitrogen and oxygen atoms in total. The highest BCUT2D eigenvalue weighted by Crippen LogP contribution is 2.35. The summed E-state index contributed by atoms with van der Waals surface area (Å²) in [6.07, 6.45) is 0. The zero-order chi connectivity index (χ0) is 12.4. The number of hydrogen-bond acceptors (Lipinski definition) is 4. The van der Waals surface area contributed by atoms with E-state index in [0.29, 0.717) is 20.8 Å². The minimum Gasteiger partial charge on any atom is -0.429 e. The molecule has 2 rings (SSSR count). The summed E-state index contributed by atoms with van der Waals surface area (Å²) in [4.78, 5) is 4.57. The molecule has 1 N–H and O–H groups in total. The minimum absolute atomic E-state index is 0.151. The Morgan fingerprint density at radius 1 is 1.41 bits per heavy atom. The Bertz CT molecular complexity index is 542. The molecule has 1 aromatic carbocycles. The minimum atomic E-state index is -0.151. The van der Waals surface area contributed by atoms with Crippen LogP contribution in [-0.4, -0.2) is 10.1 Å².